The van der Waals surface area contributed by atoms with Gasteiger partial charge in [-0.15, -0.1) is 5.10 Å². The summed E-state index contributed by atoms with van der Waals surface area (Å²) < 4.78 is 29.0. The lowest BCUT2D eigenvalue weighted by Crippen LogP contribution is -2.15. The number of amidine groups is 1. The Balaban J connectivity index is 2.02. The lowest BCUT2D eigenvalue weighted by atomic mass is 9.99. The number of halogens is 2. The molecule has 27 heavy (non-hydrogen) atoms. The average molecular weight is 363 g/mol. The van der Waals surface area contributed by atoms with Gasteiger partial charge in [-0.25, -0.2) is 18.3 Å². The summed E-state index contributed by atoms with van der Waals surface area (Å²) in [4.78, 5) is 4.45. The van der Waals surface area contributed by atoms with Crippen molar-refractivity contribution < 1.29 is 8.78 Å². The third kappa shape index (κ3) is 2.83. The molecule has 0 saturated heterocycles. The number of nitrogens with one attached hydrogen (secondary N) is 1. The van der Waals surface area contributed by atoms with E-state index in [1.165, 1.54) is 22.7 Å². The van der Waals surface area contributed by atoms with E-state index in [0.717, 1.165) is 5.69 Å². The SMILES string of the molecule is Cc1cc(-c2ccc(F)cc2)c(C(=N)N)c2nc(-c3ccccc3F)nn12. The molecule has 5 nitrogen and oxygen atoms in total. The van der Waals surface area contributed by atoms with Crippen molar-refractivity contribution in [1.82, 2.24) is 14.6 Å². The molecule has 0 fully saturated rings. The zero-order valence-corrected chi connectivity index (χ0v) is 14.4. The Morgan fingerprint density at radius 3 is 2.41 bits per heavy atom. The second kappa shape index (κ2) is 6.28. The van der Waals surface area contributed by atoms with Gasteiger partial charge in [0.25, 0.3) is 0 Å². The molecule has 7 heteroatoms. The minimum Gasteiger partial charge on any atom is -0.384 e. The Morgan fingerprint density at radius 2 is 1.74 bits per heavy atom. The Hall–Kier alpha value is -3.61. The largest absolute Gasteiger partial charge is 0.384 e. The fourth-order valence-corrected chi connectivity index (χ4v) is 3.06. The van der Waals surface area contributed by atoms with E-state index in [-0.39, 0.29) is 23.0 Å². The van der Waals surface area contributed by atoms with E-state index in [4.69, 9.17) is 11.1 Å². The van der Waals surface area contributed by atoms with Gasteiger partial charge in [0.1, 0.15) is 17.5 Å². The number of fused-ring (bicyclic) bond motifs is 1. The van der Waals surface area contributed by atoms with Crippen LogP contribution < -0.4 is 5.73 Å². The summed E-state index contributed by atoms with van der Waals surface area (Å²) in [5.41, 5.74) is 8.86. The average Bonchev–Trinajstić information content (AvgIpc) is 3.07. The molecule has 134 valence electrons. The summed E-state index contributed by atoms with van der Waals surface area (Å²) in [5, 5.41) is 12.4. The zero-order valence-electron chi connectivity index (χ0n) is 14.4. The van der Waals surface area contributed by atoms with E-state index < -0.39 is 5.82 Å². The molecule has 2 heterocycles. The Morgan fingerprint density at radius 1 is 1.04 bits per heavy atom. The number of benzene rings is 2. The van der Waals surface area contributed by atoms with Crippen LogP contribution in [0.25, 0.3) is 28.2 Å². The molecular formula is C20H15F2N5. The van der Waals surface area contributed by atoms with Gasteiger partial charge in [0.2, 0.25) is 0 Å². The summed E-state index contributed by atoms with van der Waals surface area (Å²) in [5.74, 6) is -0.791. The first-order chi connectivity index (χ1) is 13.0. The number of aromatic nitrogens is 3. The summed E-state index contributed by atoms with van der Waals surface area (Å²) in [6.45, 7) is 1.82. The molecule has 0 aliphatic heterocycles. The second-order valence-electron chi connectivity index (χ2n) is 6.15. The molecule has 0 atom stereocenters. The highest BCUT2D eigenvalue weighted by atomic mass is 19.1. The molecular weight excluding hydrogens is 348 g/mol. The molecule has 3 N–H and O–H groups in total. The second-order valence-corrected chi connectivity index (χ2v) is 6.15. The van der Waals surface area contributed by atoms with Crippen LogP contribution >= 0.6 is 0 Å². The van der Waals surface area contributed by atoms with Crippen molar-refractivity contribution in [2.45, 2.75) is 6.92 Å². The highest BCUT2D eigenvalue weighted by Gasteiger charge is 2.20. The lowest BCUT2D eigenvalue weighted by Gasteiger charge is -2.11. The van der Waals surface area contributed by atoms with Crippen LogP contribution in [0.5, 0.6) is 0 Å². The van der Waals surface area contributed by atoms with Crippen LogP contribution in [0.3, 0.4) is 0 Å². The van der Waals surface area contributed by atoms with Gasteiger partial charge < -0.3 is 5.73 Å². The molecule has 0 aliphatic rings. The van der Waals surface area contributed by atoms with Crippen LogP contribution in [0.1, 0.15) is 11.3 Å². The van der Waals surface area contributed by atoms with Gasteiger partial charge in [0.05, 0.1) is 11.1 Å². The fraction of sp³-hybridized carbons (Fsp3) is 0.0500. The molecule has 2 aromatic heterocycles. The molecule has 4 rings (SSSR count). The van der Waals surface area contributed by atoms with E-state index >= 15 is 0 Å². The zero-order chi connectivity index (χ0) is 19.1. The number of hydrogen-bond donors (Lipinski definition) is 2. The number of nitrogens with zero attached hydrogens (tertiary/aromatic N) is 3. The van der Waals surface area contributed by atoms with Gasteiger partial charge in [-0.1, -0.05) is 24.3 Å². The van der Waals surface area contributed by atoms with Crippen molar-refractivity contribution in [3.8, 4) is 22.5 Å². The van der Waals surface area contributed by atoms with E-state index in [2.05, 4.69) is 10.1 Å². The number of hydrogen-bond acceptors (Lipinski definition) is 3. The van der Waals surface area contributed by atoms with Gasteiger partial charge in [0.15, 0.2) is 11.5 Å². The van der Waals surface area contributed by atoms with Gasteiger partial charge in [0, 0.05) is 5.69 Å². The van der Waals surface area contributed by atoms with E-state index in [0.29, 0.717) is 22.3 Å². The molecule has 0 aliphatic carbocycles. The smallest absolute Gasteiger partial charge is 0.185 e. The monoisotopic (exact) mass is 363 g/mol. The lowest BCUT2D eigenvalue weighted by molar-refractivity contribution is 0.628. The minimum atomic E-state index is -0.436. The maximum atomic E-state index is 14.2. The third-order valence-electron chi connectivity index (χ3n) is 4.33. The van der Waals surface area contributed by atoms with E-state index in [9.17, 15) is 8.78 Å². The van der Waals surface area contributed by atoms with Crippen molar-refractivity contribution >= 4 is 11.5 Å². The molecule has 0 bridgehead atoms. The van der Waals surface area contributed by atoms with Crippen LogP contribution in [-0.2, 0) is 0 Å². The molecule has 0 saturated carbocycles. The van der Waals surface area contributed by atoms with Crippen LogP contribution in [0, 0.1) is 24.0 Å². The number of nitrogens with two attached hydrogens (primary N) is 1. The van der Waals surface area contributed by atoms with Gasteiger partial charge in [-0.3, -0.25) is 5.41 Å². The number of pyridine rings is 1. The predicted octanol–water partition coefficient (Wildman–Crippen LogP) is 3.93. The van der Waals surface area contributed by atoms with Crippen LogP contribution in [0.15, 0.2) is 54.6 Å². The number of rotatable bonds is 3. The normalized spacial score (nSPS) is 11.1. The topological polar surface area (TPSA) is 80.1 Å². The highest BCUT2D eigenvalue weighted by molar-refractivity contribution is 6.07. The van der Waals surface area contributed by atoms with Gasteiger partial charge >= 0.3 is 0 Å². The standard InChI is InChI=1S/C20H15F2N5/c1-11-10-15(12-6-8-13(21)9-7-12)17(18(23)24)20-25-19(26-27(11)20)14-4-2-3-5-16(14)22/h2-10H,1H3,(H3,23,24). The molecule has 2 aromatic carbocycles. The van der Waals surface area contributed by atoms with E-state index in [1.54, 1.807) is 36.4 Å². The van der Waals surface area contributed by atoms with Crippen molar-refractivity contribution in [3.05, 3.63) is 77.5 Å². The Labute approximate surface area is 153 Å². The van der Waals surface area contributed by atoms with E-state index in [1.807, 2.05) is 6.92 Å². The quantitative estimate of drug-likeness (QED) is 0.427. The maximum absolute atomic E-state index is 14.2. The third-order valence-corrected chi connectivity index (χ3v) is 4.33. The van der Waals surface area contributed by atoms with Gasteiger partial charge in [-0.2, -0.15) is 0 Å². The van der Waals surface area contributed by atoms with Gasteiger partial charge in [-0.05, 0) is 48.4 Å². The molecule has 0 radical (unpaired) electrons. The predicted molar refractivity (Wildman–Crippen MR) is 99.5 cm³/mol. The summed E-state index contributed by atoms with van der Waals surface area (Å²) in [6.07, 6.45) is 0. The summed E-state index contributed by atoms with van der Waals surface area (Å²) in [7, 11) is 0. The molecule has 0 unspecified atom stereocenters. The maximum Gasteiger partial charge on any atom is 0.185 e. The summed E-state index contributed by atoms with van der Waals surface area (Å²) in [6, 6.07) is 13.9. The van der Waals surface area contributed by atoms with Crippen LogP contribution in [0.4, 0.5) is 8.78 Å². The van der Waals surface area contributed by atoms with Crippen molar-refractivity contribution in [2.24, 2.45) is 5.73 Å². The minimum absolute atomic E-state index is 0.202. The van der Waals surface area contributed by atoms with Crippen molar-refractivity contribution in [1.29, 1.82) is 5.41 Å². The molecule has 0 amide bonds. The molecule has 0 spiro atoms. The fourth-order valence-electron chi connectivity index (χ4n) is 3.06. The molecule has 4 aromatic rings. The first kappa shape index (κ1) is 16.8. The van der Waals surface area contributed by atoms with Crippen LogP contribution in [0.2, 0.25) is 0 Å². The Bertz CT molecular complexity index is 1180. The van der Waals surface area contributed by atoms with Crippen molar-refractivity contribution in [3.63, 3.8) is 0 Å². The van der Waals surface area contributed by atoms with Crippen LogP contribution in [-0.4, -0.2) is 20.4 Å². The first-order valence-corrected chi connectivity index (χ1v) is 8.21. The summed E-state index contributed by atoms with van der Waals surface area (Å²) >= 11 is 0. The number of nitrogen functional groups attached to an aromatic ring is 1. The van der Waals surface area contributed by atoms with Crippen molar-refractivity contribution in [2.75, 3.05) is 0 Å². The highest BCUT2D eigenvalue weighted by Crippen LogP contribution is 2.29. The Kier molecular flexibility index (Phi) is 3.92. The number of aryl methyl sites for hydroxylation is 1. The first-order valence-electron chi connectivity index (χ1n) is 8.21.